The van der Waals surface area contributed by atoms with Crippen LogP contribution >= 0.6 is 11.3 Å². The molecule has 1 aliphatic rings. The summed E-state index contributed by atoms with van der Waals surface area (Å²) in [7, 11) is 3.49. The van der Waals surface area contributed by atoms with Crippen LogP contribution in [0.3, 0.4) is 0 Å². The molecule has 1 fully saturated rings. The Morgan fingerprint density at radius 3 is 2.58 bits per heavy atom. The number of likely N-dealkylation sites (tertiary alicyclic amines) is 1. The Balaban J connectivity index is 1.28. The van der Waals surface area contributed by atoms with Crippen LogP contribution < -0.4 is 9.47 Å². The van der Waals surface area contributed by atoms with Crippen LogP contribution in [0, 0.1) is 13.8 Å². The Morgan fingerprint density at radius 2 is 1.87 bits per heavy atom. The van der Waals surface area contributed by atoms with Gasteiger partial charge in [0.1, 0.15) is 17.2 Å². The summed E-state index contributed by atoms with van der Waals surface area (Å²) in [5, 5.41) is 2.83. The van der Waals surface area contributed by atoms with Gasteiger partial charge in [-0.1, -0.05) is 24.3 Å². The molecular weight excluding hydrogens is 498 g/mol. The first-order valence-corrected chi connectivity index (χ1v) is 14.0. The lowest BCUT2D eigenvalue weighted by Crippen LogP contribution is -2.40. The number of nitrogens with zero attached hydrogens (tertiary/aromatic N) is 3. The van der Waals surface area contributed by atoms with Gasteiger partial charge in [-0.25, -0.2) is 4.98 Å². The summed E-state index contributed by atoms with van der Waals surface area (Å²) in [6.45, 7) is 7.50. The van der Waals surface area contributed by atoms with Crippen LogP contribution in [0.15, 0.2) is 47.8 Å². The molecule has 1 unspecified atom stereocenters. The van der Waals surface area contributed by atoms with Crippen molar-refractivity contribution in [3.63, 3.8) is 0 Å². The summed E-state index contributed by atoms with van der Waals surface area (Å²) < 4.78 is 11.2. The number of thiazole rings is 1. The van der Waals surface area contributed by atoms with Gasteiger partial charge in [0.15, 0.2) is 6.61 Å². The zero-order chi connectivity index (χ0) is 27.2. The van der Waals surface area contributed by atoms with Gasteiger partial charge < -0.3 is 19.3 Å². The fraction of sp³-hybridized carbons (Fsp3) is 0.433. The Kier molecular flexibility index (Phi) is 9.05. The van der Waals surface area contributed by atoms with Gasteiger partial charge in [-0.3, -0.25) is 9.59 Å². The Morgan fingerprint density at radius 1 is 1.13 bits per heavy atom. The summed E-state index contributed by atoms with van der Waals surface area (Å²) in [6.07, 6.45) is 2.36. The van der Waals surface area contributed by atoms with Crippen molar-refractivity contribution < 1.29 is 19.1 Å². The molecular formula is C30H37N3O4S. The molecule has 3 aromatic rings. The van der Waals surface area contributed by atoms with Gasteiger partial charge in [-0.05, 0) is 74.9 Å². The van der Waals surface area contributed by atoms with Gasteiger partial charge >= 0.3 is 0 Å². The molecule has 0 saturated carbocycles. The fourth-order valence-electron chi connectivity index (χ4n) is 4.70. The van der Waals surface area contributed by atoms with E-state index in [0.717, 1.165) is 40.5 Å². The Bertz CT molecular complexity index is 1270. The summed E-state index contributed by atoms with van der Waals surface area (Å²) in [6, 6.07) is 13.8. The summed E-state index contributed by atoms with van der Waals surface area (Å²) in [4.78, 5) is 34.2. The number of piperidine rings is 1. The van der Waals surface area contributed by atoms with E-state index in [1.165, 1.54) is 16.9 Å². The highest BCUT2D eigenvalue weighted by atomic mass is 32.1. The second-order valence-corrected chi connectivity index (χ2v) is 10.9. The molecule has 0 N–H and O–H groups in total. The maximum Gasteiger partial charge on any atom is 0.273 e. The normalized spacial score (nSPS) is 14.7. The summed E-state index contributed by atoms with van der Waals surface area (Å²) in [5.74, 6) is 1.73. The highest BCUT2D eigenvalue weighted by Crippen LogP contribution is 2.31. The van der Waals surface area contributed by atoms with Gasteiger partial charge in [0.05, 0.1) is 12.1 Å². The van der Waals surface area contributed by atoms with Crippen LogP contribution in [-0.2, 0) is 11.2 Å². The van der Waals surface area contributed by atoms with Gasteiger partial charge in [0.25, 0.3) is 11.8 Å². The van der Waals surface area contributed by atoms with Crippen molar-refractivity contribution in [2.24, 2.45) is 0 Å². The number of aromatic nitrogens is 1. The van der Waals surface area contributed by atoms with Crippen molar-refractivity contribution in [1.82, 2.24) is 14.8 Å². The molecule has 2 heterocycles. The number of para-hydroxylation sites is 1. The standard InChI is InChI=1S/C30H37N3O4S/c1-20-10-11-25(16-21(20)2)37-18-28(34)33-14-12-23(13-15-33)29-31-26(19-38-29)30(35)32(4)22(3)17-24-8-6-7-9-27(24)36-5/h6-11,16,19,22-23H,12-15,17-18H2,1-5H3. The molecule has 0 radical (unpaired) electrons. The van der Waals surface area contributed by atoms with Crippen molar-refractivity contribution >= 4 is 23.2 Å². The van der Waals surface area contributed by atoms with Gasteiger partial charge in [0, 0.05) is 37.5 Å². The summed E-state index contributed by atoms with van der Waals surface area (Å²) >= 11 is 1.54. The number of carbonyl (C=O) groups is 2. The van der Waals surface area contributed by atoms with Crippen molar-refractivity contribution in [2.75, 3.05) is 33.9 Å². The maximum absolute atomic E-state index is 13.2. The molecule has 2 aromatic carbocycles. The van der Waals surface area contributed by atoms with Crippen molar-refractivity contribution in [3.05, 3.63) is 75.2 Å². The van der Waals surface area contributed by atoms with Crippen molar-refractivity contribution in [2.45, 2.75) is 52.0 Å². The minimum absolute atomic E-state index is 0.00217. The van der Waals surface area contributed by atoms with Gasteiger partial charge in [0.2, 0.25) is 0 Å². The molecule has 1 atom stereocenters. The fourth-order valence-corrected chi connectivity index (χ4v) is 5.66. The zero-order valence-electron chi connectivity index (χ0n) is 22.9. The largest absolute Gasteiger partial charge is 0.496 e. The lowest BCUT2D eigenvalue weighted by molar-refractivity contribution is -0.134. The number of carbonyl (C=O) groups excluding carboxylic acids is 2. The van der Waals surface area contributed by atoms with E-state index >= 15 is 0 Å². The Labute approximate surface area is 229 Å². The summed E-state index contributed by atoms with van der Waals surface area (Å²) in [5.41, 5.74) is 3.91. The average molecular weight is 536 g/mol. The van der Waals surface area contributed by atoms with E-state index in [1.807, 2.05) is 73.6 Å². The average Bonchev–Trinajstić information content (AvgIpc) is 3.43. The van der Waals surface area contributed by atoms with E-state index in [4.69, 9.17) is 14.5 Å². The molecule has 0 bridgehead atoms. The SMILES string of the molecule is COc1ccccc1CC(C)N(C)C(=O)c1csc(C2CCN(C(=O)COc3ccc(C)c(C)c3)CC2)n1. The molecule has 7 nitrogen and oxygen atoms in total. The number of benzene rings is 2. The minimum atomic E-state index is -0.0778. The highest BCUT2D eigenvalue weighted by molar-refractivity contribution is 7.09. The molecule has 0 aliphatic carbocycles. The zero-order valence-corrected chi connectivity index (χ0v) is 23.7. The topological polar surface area (TPSA) is 72.0 Å². The van der Waals surface area contributed by atoms with E-state index in [2.05, 4.69) is 6.92 Å². The van der Waals surface area contributed by atoms with E-state index in [1.54, 1.807) is 12.0 Å². The smallest absolute Gasteiger partial charge is 0.273 e. The lowest BCUT2D eigenvalue weighted by atomic mass is 9.97. The van der Waals surface area contributed by atoms with Crippen LogP contribution in [0.5, 0.6) is 11.5 Å². The maximum atomic E-state index is 13.2. The molecule has 2 amide bonds. The monoisotopic (exact) mass is 535 g/mol. The molecule has 8 heteroatoms. The molecule has 202 valence electrons. The molecule has 0 spiro atoms. The number of likely N-dealkylation sites (N-methyl/N-ethyl adjacent to an activating group) is 1. The first kappa shape index (κ1) is 27.6. The van der Waals surface area contributed by atoms with E-state index in [-0.39, 0.29) is 30.4 Å². The molecule has 38 heavy (non-hydrogen) atoms. The number of hydrogen-bond donors (Lipinski definition) is 0. The number of rotatable bonds is 9. The second kappa shape index (κ2) is 12.4. The molecule has 1 aliphatic heterocycles. The van der Waals surface area contributed by atoms with E-state index < -0.39 is 0 Å². The first-order chi connectivity index (χ1) is 18.3. The predicted octanol–water partition coefficient (Wildman–Crippen LogP) is 5.26. The Hall–Kier alpha value is -3.39. The number of hydrogen-bond acceptors (Lipinski definition) is 6. The van der Waals surface area contributed by atoms with Gasteiger partial charge in [-0.2, -0.15) is 0 Å². The van der Waals surface area contributed by atoms with Crippen LogP contribution in [0.2, 0.25) is 0 Å². The quantitative estimate of drug-likeness (QED) is 0.374. The molecule has 4 rings (SSSR count). The number of ether oxygens (including phenoxy) is 2. The van der Waals surface area contributed by atoms with Crippen LogP contribution in [-0.4, -0.2) is 66.5 Å². The van der Waals surface area contributed by atoms with Crippen LogP contribution in [0.1, 0.15) is 57.9 Å². The number of methoxy groups -OCH3 is 1. The van der Waals surface area contributed by atoms with E-state index in [9.17, 15) is 9.59 Å². The van der Waals surface area contributed by atoms with Crippen LogP contribution in [0.4, 0.5) is 0 Å². The molecule has 1 aromatic heterocycles. The first-order valence-electron chi connectivity index (χ1n) is 13.1. The van der Waals surface area contributed by atoms with Gasteiger partial charge in [-0.15, -0.1) is 11.3 Å². The minimum Gasteiger partial charge on any atom is -0.496 e. The number of aryl methyl sites for hydroxylation is 2. The third-order valence-corrected chi connectivity index (χ3v) is 8.48. The van der Waals surface area contributed by atoms with Crippen LogP contribution in [0.25, 0.3) is 0 Å². The lowest BCUT2D eigenvalue weighted by Gasteiger charge is -2.31. The third kappa shape index (κ3) is 6.54. The van der Waals surface area contributed by atoms with E-state index in [0.29, 0.717) is 25.2 Å². The predicted molar refractivity (Wildman–Crippen MR) is 150 cm³/mol. The molecule has 1 saturated heterocycles. The van der Waals surface area contributed by atoms with Crippen molar-refractivity contribution in [3.8, 4) is 11.5 Å². The highest BCUT2D eigenvalue weighted by Gasteiger charge is 2.28. The second-order valence-electron chi connectivity index (χ2n) is 10.0. The third-order valence-electron chi connectivity index (χ3n) is 7.47. The number of amides is 2. The van der Waals surface area contributed by atoms with Crippen molar-refractivity contribution in [1.29, 1.82) is 0 Å².